The van der Waals surface area contributed by atoms with Crippen molar-refractivity contribution in [1.82, 2.24) is 20.5 Å². The lowest BCUT2D eigenvalue weighted by molar-refractivity contribution is -0.145. The number of rotatable bonds is 8. The van der Waals surface area contributed by atoms with Gasteiger partial charge in [-0.1, -0.05) is 30.1 Å². The fourth-order valence-corrected chi connectivity index (χ4v) is 7.66. The van der Waals surface area contributed by atoms with Crippen LogP contribution in [0.3, 0.4) is 0 Å². The van der Waals surface area contributed by atoms with Gasteiger partial charge in [-0.25, -0.2) is 14.6 Å². The van der Waals surface area contributed by atoms with E-state index in [2.05, 4.69) is 20.8 Å². The van der Waals surface area contributed by atoms with Gasteiger partial charge in [-0.3, -0.25) is 9.59 Å². The molecule has 2 aromatic rings. The Hall–Kier alpha value is -4.46. The number of methoxy groups -OCH3 is 1. The van der Waals surface area contributed by atoms with E-state index < -0.39 is 47.6 Å². The van der Waals surface area contributed by atoms with Crippen LogP contribution in [-0.2, 0) is 24.0 Å². The van der Waals surface area contributed by atoms with E-state index in [1.54, 1.807) is 19.5 Å². The molecule has 49 heavy (non-hydrogen) atoms. The van der Waals surface area contributed by atoms with Gasteiger partial charge in [-0.2, -0.15) is 0 Å². The number of carboxylic acid groups (broad SMARTS) is 1. The highest BCUT2D eigenvalue weighted by molar-refractivity contribution is 7.13. The van der Waals surface area contributed by atoms with Crippen LogP contribution in [0.2, 0.25) is 0 Å². The van der Waals surface area contributed by atoms with Gasteiger partial charge < -0.3 is 35.0 Å². The monoisotopic (exact) mass is 693 g/mol. The Morgan fingerprint density at radius 2 is 1.96 bits per heavy atom. The number of benzene rings is 1. The van der Waals surface area contributed by atoms with Gasteiger partial charge in [0.05, 0.1) is 19.9 Å². The van der Waals surface area contributed by atoms with Crippen molar-refractivity contribution in [2.24, 2.45) is 11.1 Å². The molecule has 3 amide bonds. The summed E-state index contributed by atoms with van der Waals surface area (Å²) in [5.74, 6) is -1.85. The molecule has 1 aromatic heterocycles. The molecule has 3 N–H and O–H groups in total. The third-order valence-electron chi connectivity index (χ3n) is 9.81. The molecule has 2 saturated carbocycles. The van der Waals surface area contributed by atoms with Crippen molar-refractivity contribution in [3.63, 3.8) is 0 Å². The maximum atomic E-state index is 14.2. The summed E-state index contributed by atoms with van der Waals surface area (Å²) in [7, 11) is 1.57. The molecule has 1 saturated heterocycles. The predicted molar refractivity (Wildman–Crippen MR) is 181 cm³/mol. The summed E-state index contributed by atoms with van der Waals surface area (Å²) in [4.78, 5) is 65.1. The van der Waals surface area contributed by atoms with E-state index >= 15 is 0 Å². The van der Waals surface area contributed by atoms with Crippen LogP contribution in [0.15, 0.2) is 47.1 Å². The minimum Gasteiger partial charge on any atom is -0.497 e. The lowest BCUT2D eigenvalue weighted by Crippen LogP contribution is -2.56. The average molecular weight is 694 g/mol. The zero-order valence-electron chi connectivity index (χ0n) is 27.5. The highest BCUT2D eigenvalue weighted by Crippen LogP contribution is 2.45. The van der Waals surface area contributed by atoms with E-state index in [1.165, 1.54) is 16.2 Å². The number of carbonyl (C=O) groups excluding carboxylic acids is 3. The quantitative estimate of drug-likeness (QED) is 0.202. The first kappa shape index (κ1) is 34.4. The number of aliphatic carboxylic acids is 1. The number of allylic oxidation sites excluding steroid dienone is 1. The van der Waals surface area contributed by atoms with Crippen LogP contribution in [0.5, 0.6) is 5.75 Å². The average Bonchev–Trinajstić information content (AvgIpc) is 3.59. The number of hydrogen-bond acceptors (Lipinski definition) is 10. The molecule has 13 nitrogen and oxygen atoms in total. The first-order chi connectivity index (χ1) is 23.8. The summed E-state index contributed by atoms with van der Waals surface area (Å²) in [6, 6.07) is 3.58. The van der Waals surface area contributed by atoms with E-state index in [1.807, 2.05) is 35.7 Å². The first-order valence-electron chi connectivity index (χ1n) is 17.0. The summed E-state index contributed by atoms with van der Waals surface area (Å²) < 4.78 is 11.0. The molecule has 5 atom stereocenters. The van der Waals surface area contributed by atoms with Gasteiger partial charge >= 0.3 is 12.1 Å². The SMILES string of the molecule is COc1ccc(-c2nccs2)c(/C=N/O[C@@H]2C[C@H]3C(=O)N[C@]4(C(=O)O)CC4/C=C\CCCCC[C@H](NC(=O)OC4CCCC4)C(=O)N3C2)c1. The zero-order valence-corrected chi connectivity index (χ0v) is 28.4. The number of nitrogens with zero attached hydrogens (tertiary/aromatic N) is 3. The topological polar surface area (TPSA) is 169 Å². The minimum atomic E-state index is -1.43. The number of carbonyl (C=O) groups is 4. The Morgan fingerprint density at radius 3 is 2.71 bits per heavy atom. The van der Waals surface area contributed by atoms with Gasteiger partial charge in [0.2, 0.25) is 11.8 Å². The molecule has 14 heteroatoms. The Bertz CT molecular complexity index is 1580. The van der Waals surface area contributed by atoms with Crippen molar-refractivity contribution < 1.29 is 38.6 Å². The second-order valence-electron chi connectivity index (χ2n) is 13.1. The van der Waals surface area contributed by atoms with Crippen molar-refractivity contribution in [2.75, 3.05) is 13.7 Å². The predicted octanol–water partition coefficient (Wildman–Crippen LogP) is 4.66. The van der Waals surface area contributed by atoms with E-state index in [0.29, 0.717) is 24.2 Å². The van der Waals surface area contributed by atoms with Crippen LogP contribution in [0.25, 0.3) is 10.6 Å². The molecule has 0 bridgehead atoms. The second-order valence-corrected chi connectivity index (χ2v) is 14.0. The summed E-state index contributed by atoms with van der Waals surface area (Å²) in [5, 5.41) is 22.6. The third kappa shape index (κ3) is 8.06. The smallest absolute Gasteiger partial charge is 0.408 e. The molecule has 2 aliphatic carbocycles. The molecule has 6 rings (SSSR count). The molecule has 4 aliphatic rings. The van der Waals surface area contributed by atoms with Gasteiger partial charge in [0, 0.05) is 35.0 Å². The number of carboxylic acids is 1. The Morgan fingerprint density at radius 1 is 1.14 bits per heavy atom. The largest absolute Gasteiger partial charge is 0.497 e. The number of fused-ring (bicyclic) bond motifs is 2. The standard InChI is InChI=1S/C35H43N5O8S/c1-46-25-13-14-27(31-36-15-16-49-31)22(17-25)20-37-48-26-18-29-30(41)39-35(33(43)44)19-23(35)9-5-3-2-4-6-12-28(32(42)40(29)21-26)38-34(45)47-24-10-7-8-11-24/h5,9,13-17,20,23-24,26,28-29H,2-4,6-8,10-12,18-19,21H2,1H3,(H,38,45)(H,39,41)(H,43,44)/b9-5-,37-20+/t23?,26-,28+,29+,35-/m1/s1. The number of alkyl carbamates (subject to hydrolysis) is 1. The summed E-state index contributed by atoms with van der Waals surface area (Å²) >= 11 is 1.48. The fraction of sp³-hybridized carbons (Fsp3) is 0.543. The second kappa shape index (κ2) is 15.4. The molecule has 1 aromatic carbocycles. The zero-order chi connectivity index (χ0) is 34.4. The Balaban J connectivity index is 1.23. The highest BCUT2D eigenvalue weighted by Gasteiger charge is 2.61. The molecule has 3 heterocycles. The number of amides is 3. The fourth-order valence-electron chi connectivity index (χ4n) is 6.97. The highest BCUT2D eigenvalue weighted by atomic mass is 32.1. The van der Waals surface area contributed by atoms with Crippen LogP contribution < -0.4 is 15.4 Å². The lowest BCUT2D eigenvalue weighted by atomic mass is 10.0. The van der Waals surface area contributed by atoms with Crippen LogP contribution in [0, 0.1) is 5.92 Å². The summed E-state index contributed by atoms with van der Waals surface area (Å²) in [6.07, 6.45) is 13.0. The van der Waals surface area contributed by atoms with Gasteiger partial charge in [0.25, 0.3) is 0 Å². The first-order valence-corrected chi connectivity index (χ1v) is 17.9. The maximum Gasteiger partial charge on any atom is 0.408 e. The third-order valence-corrected chi connectivity index (χ3v) is 10.6. The number of hydrogen-bond donors (Lipinski definition) is 3. The van der Waals surface area contributed by atoms with E-state index in [-0.39, 0.29) is 31.4 Å². The number of ether oxygens (including phenoxy) is 2. The number of thiazole rings is 1. The molecule has 1 unspecified atom stereocenters. The minimum absolute atomic E-state index is 0.0188. The van der Waals surface area contributed by atoms with E-state index in [0.717, 1.165) is 55.5 Å². The molecule has 3 fully saturated rings. The molecule has 0 spiro atoms. The van der Waals surface area contributed by atoms with E-state index in [9.17, 15) is 24.3 Å². The van der Waals surface area contributed by atoms with Crippen molar-refractivity contribution in [1.29, 1.82) is 0 Å². The van der Waals surface area contributed by atoms with Crippen molar-refractivity contribution in [2.45, 2.75) is 100 Å². The molecule has 262 valence electrons. The van der Waals surface area contributed by atoms with Crippen LogP contribution in [0.1, 0.15) is 76.2 Å². The van der Waals surface area contributed by atoms with Gasteiger partial charge in [0.15, 0.2) is 0 Å². The number of oxime groups is 1. The lowest BCUT2D eigenvalue weighted by Gasteiger charge is -2.29. The van der Waals surface area contributed by atoms with Gasteiger partial charge in [-0.15, -0.1) is 11.3 Å². The van der Waals surface area contributed by atoms with Crippen LogP contribution >= 0.6 is 11.3 Å². The van der Waals surface area contributed by atoms with Crippen molar-refractivity contribution in [3.05, 3.63) is 47.5 Å². The van der Waals surface area contributed by atoms with Crippen LogP contribution in [0.4, 0.5) is 4.79 Å². The normalized spacial score (nSPS) is 28.5. The van der Waals surface area contributed by atoms with Gasteiger partial charge in [-0.05, 0) is 69.6 Å². The maximum absolute atomic E-state index is 14.2. The van der Waals surface area contributed by atoms with Crippen molar-refractivity contribution in [3.8, 4) is 16.3 Å². The summed E-state index contributed by atoms with van der Waals surface area (Å²) in [6.45, 7) is 0.0188. The summed E-state index contributed by atoms with van der Waals surface area (Å²) in [5.41, 5.74) is 0.111. The van der Waals surface area contributed by atoms with Crippen molar-refractivity contribution >= 4 is 41.4 Å². The molecule has 0 radical (unpaired) electrons. The van der Waals surface area contributed by atoms with Gasteiger partial charge in [0.1, 0.15) is 40.6 Å². The van der Waals surface area contributed by atoms with E-state index in [4.69, 9.17) is 14.3 Å². The molecule has 2 aliphatic heterocycles. The number of nitrogens with one attached hydrogen (secondary N) is 2. The Labute approximate surface area is 289 Å². The van der Waals surface area contributed by atoms with Crippen LogP contribution in [-0.4, -0.2) is 88.6 Å². The molecular weight excluding hydrogens is 650 g/mol. The number of aromatic nitrogens is 1. The molecular formula is C35H43N5O8S. The Kier molecular flexibility index (Phi) is 10.8.